The van der Waals surface area contributed by atoms with Crippen LogP contribution in [0, 0.1) is 0 Å². The monoisotopic (exact) mass is 276 g/mol. The highest BCUT2D eigenvalue weighted by molar-refractivity contribution is 5.55. The zero-order valence-corrected chi connectivity index (χ0v) is 13.1. The summed E-state index contributed by atoms with van der Waals surface area (Å²) in [6.07, 6.45) is 3.42. The SMILES string of the molecule is CCCNC(CC)c1ccccc1N(C)C1CCOC1. The minimum atomic E-state index is 0.441. The minimum absolute atomic E-state index is 0.441. The highest BCUT2D eigenvalue weighted by Crippen LogP contribution is 2.30. The summed E-state index contributed by atoms with van der Waals surface area (Å²) < 4.78 is 5.53. The van der Waals surface area contributed by atoms with E-state index in [1.807, 2.05) is 0 Å². The fourth-order valence-electron chi connectivity index (χ4n) is 2.92. The molecule has 1 N–H and O–H groups in total. The number of rotatable bonds is 7. The lowest BCUT2D eigenvalue weighted by molar-refractivity contribution is 0.193. The molecule has 2 unspecified atom stereocenters. The summed E-state index contributed by atoms with van der Waals surface area (Å²) in [5, 5.41) is 3.66. The molecule has 0 amide bonds. The molecule has 0 radical (unpaired) electrons. The normalized spacial score (nSPS) is 20.1. The molecular weight excluding hydrogens is 248 g/mol. The first kappa shape index (κ1) is 15.3. The Bertz CT molecular complexity index is 402. The summed E-state index contributed by atoms with van der Waals surface area (Å²) in [4.78, 5) is 2.40. The maximum Gasteiger partial charge on any atom is 0.0670 e. The van der Waals surface area contributed by atoms with Crippen LogP contribution < -0.4 is 10.2 Å². The van der Waals surface area contributed by atoms with Gasteiger partial charge in [0.2, 0.25) is 0 Å². The van der Waals surface area contributed by atoms with Crippen LogP contribution in [0.3, 0.4) is 0 Å². The van der Waals surface area contributed by atoms with Gasteiger partial charge in [-0.25, -0.2) is 0 Å². The van der Waals surface area contributed by atoms with Crippen molar-refractivity contribution in [2.24, 2.45) is 0 Å². The predicted octanol–water partition coefficient (Wildman–Crippen LogP) is 3.36. The average molecular weight is 276 g/mol. The molecule has 3 heteroatoms. The Hall–Kier alpha value is -1.06. The van der Waals surface area contributed by atoms with E-state index in [9.17, 15) is 0 Å². The second-order valence-electron chi connectivity index (χ2n) is 5.60. The molecule has 2 atom stereocenters. The van der Waals surface area contributed by atoms with Gasteiger partial charge in [-0.1, -0.05) is 32.0 Å². The number of ether oxygens (including phenoxy) is 1. The van der Waals surface area contributed by atoms with Crippen molar-refractivity contribution < 1.29 is 4.74 Å². The van der Waals surface area contributed by atoms with Crippen molar-refractivity contribution in [3.05, 3.63) is 29.8 Å². The molecule has 1 aliphatic heterocycles. The van der Waals surface area contributed by atoms with Crippen molar-refractivity contribution in [1.82, 2.24) is 5.32 Å². The maximum absolute atomic E-state index is 5.53. The van der Waals surface area contributed by atoms with E-state index in [1.165, 1.54) is 17.7 Å². The number of hydrogen-bond acceptors (Lipinski definition) is 3. The molecule has 0 bridgehead atoms. The smallest absolute Gasteiger partial charge is 0.0670 e. The fourth-order valence-corrected chi connectivity index (χ4v) is 2.92. The van der Waals surface area contributed by atoms with Crippen LogP contribution >= 0.6 is 0 Å². The first-order chi connectivity index (χ1) is 9.77. The molecule has 1 fully saturated rings. The van der Waals surface area contributed by atoms with Crippen molar-refractivity contribution >= 4 is 5.69 Å². The van der Waals surface area contributed by atoms with Gasteiger partial charge >= 0.3 is 0 Å². The molecule has 1 heterocycles. The summed E-state index contributed by atoms with van der Waals surface area (Å²) in [6, 6.07) is 9.74. The zero-order valence-electron chi connectivity index (χ0n) is 13.1. The molecule has 0 aromatic heterocycles. The van der Waals surface area contributed by atoms with Crippen LogP contribution in [0.5, 0.6) is 0 Å². The van der Waals surface area contributed by atoms with Crippen LogP contribution in [0.25, 0.3) is 0 Å². The summed E-state index contributed by atoms with van der Waals surface area (Å²) in [6.45, 7) is 7.28. The molecule has 1 saturated heterocycles. The molecule has 1 aromatic carbocycles. The third-order valence-corrected chi connectivity index (χ3v) is 4.19. The maximum atomic E-state index is 5.53. The molecule has 1 aliphatic rings. The summed E-state index contributed by atoms with van der Waals surface area (Å²) in [5.41, 5.74) is 2.76. The van der Waals surface area contributed by atoms with Gasteiger partial charge in [0.05, 0.1) is 12.6 Å². The molecule has 1 aromatic rings. The Morgan fingerprint density at radius 2 is 2.15 bits per heavy atom. The van der Waals surface area contributed by atoms with Gasteiger partial charge in [-0.3, -0.25) is 0 Å². The van der Waals surface area contributed by atoms with Crippen LogP contribution in [-0.2, 0) is 4.74 Å². The molecule has 0 aliphatic carbocycles. The number of anilines is 1. The van der Waals surface area contributed by atoms with Gasteiger partial charge in [0.25, 0.3) is 0 Å². The van der Waals surface area contributed by atoms with E-state index >= 15 is 0 Å². The van der Waals surface area contributed by atoms with E-state index < -0.39 is 0 Å². The average Bonchev–Trinajstić information content (AvgIpc) is 3.02. The summed E-state index contributed by atoms with van der Waals surface area (Å²) in [7, 11) is 2.20. The summed E-state index contributed by atoms with van der Waals surface area (Å²) in [5.74, 6) is 0. The number of hydrogen-bond donors (Lipinski definition) is 1. The van der Waals surface area contributed by atoms with Gasteiger partial charge in [0.15, 0.2) is 0 Å². The van der Waals surface area contributed by atoms with Crippen molar-refractivity contribution in [2.75, 3.05) is 31.7 Å². The molecule has 3 nitrogen and oxygen atoms in total. The minimum Gasteiger partial charge on any atom is -0.379 e. The third kappa shape index (κ3) is 3.53. The van der Waals surface area contributed by atoms with Crippen molar-refractivity contribution in [1.29, 1.82) is 0 Å². The quantitative estimate of drug-likeness (QED) is 0.826. The van der Waals surface area contributed by atoms with Crippen molar-refractivity contribution in [3.8, 4) is 0 Å². The number of para-hydroxylation sites is 1. The molecule has 0 saturated carbocycles. The number of benzene rings is 1. The van der Waals surface area contributed by atoms with Gasteiger partial charge in [0.1, 0.15) is 0 Å². The second kappa shape index (κ2) is 7.65. The number of nitrogens with one attached hydrogen (secondary N) is 1. The van der Waals surface area contributed by atoms with Crippen LogP contribution in [0.4, 0.5) is 5.69 Å². The van der Waals surface area contributed by atoms with Gasteiger partial charge < -0.3 is 15.0 Å². The highest BCUT2D eigenvalue weighted by Gasteiger charge is 2.23. The molecule has 20 heavy (non-hydrogen) atoms. The van der Waals surface area contributed by atoms with E-state index in [2.05, 4.69) is 55.4 Å². The Morgan fingerprint density at radius 3 is 2.80 bits per heavy atom. The Balaban J connectivity index is 2.19. The molecular formula is C17H28N2O. The van der Waals surface area contributed by atoms with E-state index in [0.29, 0.717) is 12.1 Å². The topological polar surface area (TPSA) is 24.5 Å². The van der Waals surface area contributed by atoms with Crippen molar-refractivity contribution in [3.63, 3.8) is 0 Å². The predicted molar refractivity (Wildman–Crippen MR) is 85.4 cm³/mol. The van der Waals surface area contributed by atoms with Gasteiger partial charge in [-0.15, -0.1) is 0 Å². The first-order valence-electron chi connectivity index (χ1n) is 7.90. The fraction of sp³-hybridized carbons (Fsp3) is 0.647. The van der Waals surface area contributed by atoms with Crippen molar-refractivity contribution in [2.45, 2.75) is 45.2 Å². The Kier molecular flexibility index (Phi) is 5.86. The van der Waals surface area contributed by atoms with E-state index in [0.717, 1.165) is 32.6 Å². The lowest BCUT2D eigenvalue weighted by atomic mass is 10.0. The first-order valence-corrected chi connectivity index (χ1v) is 7.90. The number of nitrogens with zero attached hydrogens (tertiary/aromatic N) is 1. The molecule has 0 spiro atoms. The third-order valence-electron chi connectivity index (χ3n) is 4.19. The lowest BCUT2D eigenvalue weighted by Crippen LogP contribution is -2.33. The molecule has 2 rings (SSSR count). The van der Waals surface area contributed by atoms with E-state index in [4.69, 9.17) is 4.74 Å². The Labute approximate surface area is 123 Å². The lowest BCUT2D eigenvalue weighted by Gasteiger charge is -2.30. The largest absolute Gasteiger partial charge is 0.379 e. The summed E-state index contributed by atoms with van der Waals surface area (Å²) >= 11 is 0. The van der Waals surface area contributed by atoms with Gasteiger partial charge in [-0.2, -0.15) is 0 Å². The highest BCUT2D eigenvalue weighted by atomic mass is 16.5. The van der Waals surface area contributed by atoms with E-state index in [-0.39, 0.29) is 0 Å². The van der Waals surface area contributed by atoms with Gasteiger partial charge in [-0.05, 0) is 37.4 Å². The van der Waals surface area contributed by atoms with Crippen LogP contribution in [0.2, 0.25) is 0 Å². The number of likely N-dealkylation sites (N-methyl/N-ethyl adjacent to an activating group) is 1. The van der Waals surface area contributed by atoms with Crippen LogP contribution in [0.15, 0.2) is 24.3 Å². The van der Waals surface area contributed by atoms with Crippen LogP contribution in [-0.4, -0.2) is 32.8 Å². The van der Waals surface area contributed by atoms with Crippen LogP contribution in [0.1, 0.15) is 44.7 Å². The molecule has 112 valence electrons. The zero-order chi connectivity index (χ0) is 14.4. The standard InChI is InChI=1S/C17H28N2O/c1-4-11-18-16(5-2)15-8-6-7-9-17(15)19(3)14-10-12-20-13-14/h6-9,14,16,18H,4-5,10-13H2,1-3H3. The van der Waals surface area contributed by atoms with Gasteiger partial charge in [0, 0.05) is 25.4 Å². The second-order valence-corrected chi connectivity index (χ2v) is 5.60. The van der Waals surface area contributed by atoms with E-state index in [1.54, 1.807) is 0 Å². The Morgan fingerprint density at radius 1 is 1.35 bits per heavy atom.